The third kappa shape index (κ3) is 5.27. The molecule has 0 saturated heterocycles. The van der Waals surface area contributed by atoms with Crippen molar-refractivity contribution in [2.24, 2.45) is 5.92 Å². The summed E-state index contributed by atoms with van der Waals surface area (Å²) in [5.74, 6) is -2.81. The maximum absolute atomic E-state index is 13.5. The van der Waals surface area contributed by atoms with Crippen LogP contribution in [0.1, 0.15) is 72.1 Å². The van der Waals surface area contributed by atoms with Gasteiger partial charge in [0.2, 0.25) is 5.92 Å². The van der Waals surface area contributed by atoms with Gasteiger partial charge in [0.1, 0.15) is 5.60 Å². The molecule has 2 saturated carbocycles. The number of hydrogen-bond donors (Lipinski definition) is 0. The van der Waals surface area contributed by atoms with Crippen LogP contribution in [0, 0.1) is 5.92 Å². The molecule has 0 atom stereocenters. The van der Waals surface area contributed by atoms with Crippen molar-refractivity contribution in [2.75, 3.05) is 0 Å². The molecule has 2 aromatic carbocycles. The van der Waals surface area contributed by atoms with Crippen molar-refractivity contribution in [1.29, 1.82) is 0 Å². The van der Waals surface area contributed by atoms with Gasteiger partial charge in [-0.2, -0.15) is 0 Å². The first kappa shape index (κ1) is 24.0. The number of alkyl halides is 2. The third-order valence-corrected chi connectivity index (χ3v) is 7.67. The summed E-state index contributed by atoms with van der Waals surface area (Å²) in [6, 6.07) is 14.4. The average molecular weight is 500 g/mol. The number of halogens is 3. The van der Waals surface area contributed by atoms with Crippen LogP contribution in [0.15, 0.2) is 54.7 Å². The largest absolute Gasteiger partial charge is 0.454 e. The average Bonchev–Trinajstić information content (AvgIpc) is 3.49. The lowest BCUT2D eigenvalue weighted by Gasteiger charge is -2.27. The Morgan fingerprint density at radius 2 is 1.71 bits per heavy atom. The molecule has 0 bridgehead atoms. The first-order chi connectivity index (χ1) is 16.8. The number of rotatable bonds is 8. The third-order valence-electron chi connectivity index (χ3n) is 7.36. The standard InChI is InChI=1S/C28H28ClF2NO3/c29-22-7-4-8-23-25(22)21(24(33)10-9-19-11-13-28(30,31)14-12-19)17-32(23)18-27(15-16-27)35-26(34)20-5-2-1-3-6-20/h1-8,17,19H,9-16,18H2. The topological polar surface area (TPSA) is 48.3 Å². The molecule has 0 N–H and O–H groups in total. The Labute approximate surface area is 208 Å². The van der Waals surface area contributed by atoms with Gasteiger partial charge in [-0.05, 0) is 62.3 Å². The molecule has 0 aliphatic heterocycles. The Hall–Kier alpha value is -2.73. The van der Waals surface area contributed by atoms with Gasteiger partial charge in [0.25, 0.3) is 0 Å². The van der Waals surface area contributed by atoms with Crippen LogP contribution in [0.2, 0.25) is 5.02 Å². The fourth-order valence-corrected chi connectivity index (χ4v) is 5.35. The second-order valence-corrected chi connectivity index (χ2v) is 10.4. The van der Waals surface area contributed by atoms with Gasteiger partial charge in [-0.15, -0.1) is 0 Å². The number of carbonyl (C=O) groups excluding carboxylic acids is 2. The van der Waals surface area contributed by atoms with Crippen LogP contribution >= 0.6 is 11.6 Å². The fourth-order valence-electron chi connectivity index (χ4n) is 5.08. The van der Waals surface area contributed by atoms with Crippen LogP contribution in [0.5, 0.6) is 0 Å². The minimum atomic E-state index is -2.57. The van der Waals surface area contributed by atoms with Crippen LogP contribution in [0.3, 0.4) is 0 Å². The summed E-state index contributed by atoms with van der Waals surface area (Å²) < 4.78 is 34.8. The molecule has 5 rings (SSSR count). The smallest absolute Gasteiger partial charge is 0.338 e. The van der Waals surface area contributed by atoms with E-state index in [1.807, 2.05) is 29.0 Å². The molecule has 0 amide bonds. The molecule has 7 heteroatoms. The number of Topliss-reactive ketones (excluding diaryl/α,β-unsaturated/α-hetero) is 1. The van der Waals surface area contributed by atoms with Crippen LogP contribution < -0.4 is 0 Å². The summed E-state index contributed by atoms with van der Waals surface area (Å²) in [7, 11) is 0. The zero-order valence-electron chi connectivity index (χ0n) is 19.4. The van der Waals surface area contributed by atoms with Gasteiger partial charge >= 0.3 is 5.97 Å². The Morgan fingerprint density at radius 1 is 1.00 bits per heavy atom. The summed E-state index contributed by atoms with van der Waals surface area (Å²) in [4.78, 5) is 25.9. The number of benzene rings is 2. The van der Waals surface area contributed by atoms with Gasteiger partial charge in [-0.3, -0.25) is 4.79 Å². The van der Waals surface area contributed by atoms with Crippen molar-refractivity contribution >= 4 is 34.3 Å². The van der Waals surface area contributed by atoms with E-state index in [-0.39, 0.29) is 30.5 Å². The number of ether oxygens (including phenoxy) is 1. The van der Waals surface area contributed by atoms with Crippen molar-refractivity contribution in [3.8, 4) is 0 Å². The molecule has 0 spiro atoms. The summed E-state index contributed by atoms with van der Waals surface area (Å²) in [5.41, 5.74) is 1.27. The van der Waals surface area contributed by atoms with E-state index in [1.165, 1.54) is 0 Å². The molecule has 4 nitrogen and oxygen atoms in total. The normalized spacial score (nSPS) is 18.9. The predicted molar refractivity (Wildman–Crippen MR) is 131 cm³/mol. The SMILES string of the molecule is O=C(OC1(Cn2cc(C(=O)CCC3CCC(F)(F)CC3)c3c(Cl)cccc32)CC1)c1ccccc1. The Balaban J connectivity index is 1.32. The van der Waals surface area contributed by atoms with Crippen LogP contribution in [0.25, 0.3) is 10.9 Å². The number of aromatic nitrogens is 1. The maximum atomic E-state index is 13.5. The van der Waals surface area contributed by atoms with Crippen molar-refractivity contribution in [3.05, 3.63) is 70.9 Å². The van der Waals surface area contributed by atoms with Crippen LogP contribution in [0.4, 0.5) is 8.78 Å². The molecule has 0 radical (unpaired) electrons. The number of carbonyl (C=O) groups is 2. The molecule has 3 aromatic rings. The predicted octanol–water partition coefficient (Wildman–Crippen LogP) is 7.47. The molecule has 35 heavy (non-hydrogen) atoms. The molecule has 2 aliphatic carbocycles. The fraction of sp³-hybridized carbons (Fsp3) is 0.429. The maximum Gasteiger partial charge on any atom is 0.338 e. The first-order valence-corrected chi connectivity index (χ1v) is 12.6. The zero-order chi connectivity index (χ0) is 24.6. The van der Waals surface area contributed by atoms with E-state index in [9.17, 15) is 18.4 Å². The molecule has 1 aromatic heterocycles. The molecule has 2 fully saturated rings. The van der Waals surface area contributed by atoms with Gasteiger partial charge < -0.3 is 9.30 Å². The lowest BCUT2D eigenvalue weighted by atomic mass is 9.83. The van der Waals surface area contributed by atoms with E-state index >= 15 is 0 Å². The minimum absolute atomic E-state index is 0.0367. The molecule has 2 aliphatic rings. The number of fused-ring (bicyclic) bond motifs is 1. The molecule has 184 valence electrons. The van der Waals surface area contributed by atoms with E-state index in [4.69, 9.17) is 16.3 Å². The van der Waals surface area contributed by atoms with Crippen molar-refractivity contribution in [2.45, 2.75) is 69.4 Å². The Morgan fingerprint density at radius 3 is 2.40 bits per heavy atom. The lowest BCUT2D eigenvalue weighted by molar-refractivity contribution is -0.0464. The van der Waals surface area contributed by atoms with E-state index in [0.29, 0.717) is 53.8 Å². The summed E-state index contributed by atoms with van der Waals surface area (Å²) in [5, 5.41) is 1.19. The van der Waals surface area contributed by atoms with Gasteiger partial charge in [0, 0.05) is 36.4 Å². The lowest BCUT2D eigenvalue weighted by Crippen LogP contribution is -2.25. The van der Waals surface area contributed by atoms with Crippen molar-refractivity contribution in [1.82, 2.24) is 4.57 Å². The minimum Gasteiger partial charge on any atom is -0.454 e. The van der Waals surface area contributed by atoms with Crippen LogP contribution in [-0.2, 0) is 11.3 Å². The highest BCUT2D eigenvalue weighted by Crippen LogP contribution is 2.43. The van der Waals surface area contributed by atoms with E-state index in [2.05, 4.69) is 0 Å². The quantitative estimate of drug-likeness (QED) is 0.238. The van der Waals surface area contributed by atoms with Crippen molar-refractivity contribution in [3.63, 3.8) is 0 Å². The Bertz CT molecular complexity index is 1240. The van der Waals surface area contributed by atoms with E-state index in [0.717, 1.165) is 18.4 Å². The van der Waals surface area contributed by atoms with Crippen LogP contribution in [-0.4, -0.2) is 27.8 Å². The van der Waals surface area contributed by atoms with Gasteiger partial charge in [-0.1, -0.05) is 35.9 Å². The summed E-state index contributed by atoms with van der Waals surface area (Å²) in [6.07, 6.45) is 4.93. The highest BCUT2D eigenvalue weighted by atomic mass is 35.5. The summed E-state index contributed by atoms with van der Waals surface area (Å²) >= 11 is 6.52. The van der Waals surface area contributed by atoms with Crippen molar-refractivity contribution < 1.29 is 23.1 Å². The zero-order valence-corrected chi connectivity index (χ0v) is 20.2. The number of esters is 1. The number of hydrogen-bond acceptors (Lipinski definition) is 3. The molecule has 0 unspecified atom stereocenters. The molecular weight excluding hydrogens is 472 g/mol. The first-order valence-electron chi connectivity index (χ1n) is 12.2. The number of ketones is 1. The summed E-state index contributed by atoms with van der Waals surface area (Å²) in [6.45, 7) is 0.438. The molecule has 1 heterocycles. The molecular formula is C28H28ClF2NO3. The van der Waals surface area contributed by atoms with Gasteiger partial charge in [-0.25, -0.2) is 13.6 Å². The van der Waals surface area contributed by atoms with Gasteiger partial charge in [0.05, 0.1) is 22.6 Å². The Kier molecular flexibility index (Phi) is 6.43. The number of nitrogens with zero attached hydrogens (tertiary/aromatic N) is 1. The highest BCUT2D eigenvalue weighted by Gasteiger charge is 2.47. The second kappa shape index (κ2) is 9.38. The van der Waals surface area contributed by atoms with E-state index in [1.54, 1.807) is 30.3 Å². The highest BCUT2D eigenvalue weighted by molar-refractivity contribution is 6.37. The second-order valence-electron chi connectivity index (χ2n) is 10.0. The van der Waals surface area contributed by atoms with Gasteiger partial charge in [0.15, 0.2) is 5.78 Å². The van der Waals surface area contributed by atoms with E-state index < -0.39 is 11.5 Å². The monoisotopic (exact) mass is 499 g/mol.